The van der Waals surface area contributed by atoms with Crippen molar-refractivity contribution in [2.45, 2.75) is 71.7 Å². The van der Waals surface area contributed by atoms with Crippen molar-refractivity contribution in [2.75, 3.05) is 0 Å². The maximum absolute atomic E-state index is 11.6. The third-order valence-corrected chi connectivity index (χ3v) is 5.91. The number of carbonyl (C=O) groups is 1. The normalized spacial score (nSPS) is 33.6. The van der Waals surface area contributed by atoms with Crippen molar-refractivity contribution in [3.8, 4) is 0 Å². The molecule has 6 atom stereocenters. The Morgan fingerprint density at radius 1 is 1.50 bits per heavy atom. The molecule has 0 radical (unpaired) electrons. The number of aliphatic hydroxyl groups excluding tert-OH is 1. The number of hydrogen-bond donors (Lipinski definition) is 2. The quantitative estimate of drug-likeness (QED) is 0.577. The van der Waals surface area contributed by atoms with Gasteiger partial charge >= 0.3 is 5.97 Å². The summed E-state index contributed by atoms with van der Waals surface area (Å²) in [7, 11) is 0. The van der Waals surface area contributed by atoms with Crippen LogP contribution < -0.4 is 0 Å². The maximum Gasteiger partial charge on any atom is 0.303 e. The van der Waals surface area contributed by atoms with Crippen LogP contribution in [0.2, 0.25) is 0 Å². The number of aliphatic hydroxyl groups is 2. The molecule has 0 aromatic heterocycles. The van der Waals surface area contributed by atoms with E-state index >= 15 is 0 Å². The van der Waals surface area contributed by atoms with Crippen molar-refractivity contribution in [2.24, 2.45) is 23.7 Å². The highest BCUT2D eigenvalue weighted by Crippen LogP contribution is 2.47. The lowest BCUT2D eigenvalue weighted by Crippen LogP contribution is -2.34. The molecule has 2 N–H and O–H groups in total. The van der Waals surface area contributed by atoms with E-state index in [2.05, 4.69) is 26.5 Å². The van der Waals surface area contributed by atoms with Crippen LogP contribution in [-0.4, -0.2) is 34.0 Å². The molecule has 2 aliphatic rings. The third kappa shape index (κ3) is 4.86. The molecular formula is C22H34O4. The van der Waals surface area contributed by atoms with Gasteiger partial charge in [0.1, 0.15) is 6.10 Å². The smallest absolute Gasteiger partial charge is 0.303 e. The maximum atomic E-state index is 11.6. The molecule has 26 heavy (non-hydrogen) atoms. The first kappa shape index (κ1) is 20.9. The second-order valence-corrected chi connectivity index (χ2v) is 8.65. The summed E-state index contributed by atoms with van der Waals surface area (Å²) in [6, 6.07) is 0. The van der Waals surface area contributed by atoms with Crippen molar-refractivity contribution in [3.63, 3.8) is 0 Å². The Kier molecular flexibility index (Phi) is 6.51. The highest BCUT2D eigenvalue weighted by Gasteiger charge is 2.46. The number of rotatable bonds is 5. The number of fused-ring (bicyclic) bond motifs is 1. The Labute approximate surface area is 157 Å². The van der Waals surface area contributed by atoms with Crippen LogP contribution in [0.15, 0.2) is 36.0 Å². The van der Waals surface area contributed by atoms with Gasteiger partial charge in [-0.25, -0.2) is 0 Å². The summed E-state index contributed by atoms with van der Waals surface area (Å²) in [5.74, 6) is 0.0768. The average molecular weight is 363 g/mol. The van der Waals surface area contributed by atoms with E-state index in [9.17, 15) is 15.0 Å². The molecule has 0 aromatic carbocycles. The minimum atomic E-state index is -0.841. The minimum Gasteiger partial charge on any atom is -0.458 e. The Hall–Kier alpha value is -1.39. The summed E-state index contributed by atoms with van der Waals surface area (Å²) < 4.78 is 5.58. The topological polar surface area (TPSA) is 66.8 Å². The summed E-state index contributed by atoms with van der Waals surface area (Å²) >= 11 is 0. The summed E-state index contributed by atoms with van der Waals surface area (Å²) in [5, 5.41) is 21.1. The standard InChI is InChI=1S/C22H34O4/c1-13(8-7-11-22(5,6)25)18-12-19(26-16(4)23)15(3)17-10-9-14(2)20(17)21(18)24/h7,9,11,13,17-21,24-25H,3,8,10,12H2,1-2,4-6H3. The molecule has 0 amide bonds. The van der Waals surface area contributed by atoms with Crippen LogP contribution >= 0.6 is 0 Å². The van der Waals surface area contributed by atoms with Gasteiger partial charge in [0.2, 0.25) is 0 Å². The molecule has 1 fully saturated rings. The van der Waals surface area contributed by atoms with E-state index in [0.29, 0.717) is 6.42 Å². The van der Waals surface area contributed by atoms with Gasteiger partial charge in [-0.05, 0) is 63.4 Å². The molecule has 0 aliphatic heterocycles. The average Bonchev–Trinajstić information content (AvgIpc) is 2.85. The summed E-state index contributed by atoms with van der Waals surface area (Å²) in [6.07, 6.45) is 7.32. The van der Waals surface area contributed by atoms with Crippen LogP contribution in [0.25, 0.3) is 0 Å². The van der Waals surface area contributed by atoms with Gasteiger partial charge in [0.05, 0.1) is 11.7 Å². The Morgan fingerprint density at radius 3 is 2.73 bits per heavy atom. The largest absolute Gasteiger partial charge is 0.458 e. The molecule has 0 bridgehead atoms. The first-order valence-electron chi connectivity index (χ1n) is 9.62. The number of carbonyl (C=O) groups excluding carboxylic acids is 1. The molecule has 1 saturated carbocycles. The van der Waals surface area contributed by atoms with Crippen LogP contribution in [0, 0.1) is 23.7 Å². The fourth-order valence-electron chi connectivity index (χ4n) is 4.48. The SMILES string of the molecule is C=C1C(OC(C)=O)CC(C(C)CC=CC(C)(C)O)C(O)C2C(C)=CCC12. The Bertz CT molecular complexity index is 596. The molecule has 6 unspecified atom stereocenters. The molecular weight excluding hydrogens is 328 g/mol. The Balaban J connectivity index is 2.24. The molecule has 0 aromatic rings. The zero-order valence-corrected chi connectivity index (χ0v) is 16.7. The van der Waals surface area contributed by atoms with Gasteiger partial charge in [-0.15, -0.1) is 0 Å². The molecule has 0 spiro atoms. The fourth-order valence-corrected chi connectivity index (χ4v) is 4.48. The van der Waals surface area contributed by atoms with E-state index in [0.717, 1.165) is 18.4 Å². The van der Waals surface area contributed by atoms with Gasteiger partial charge in [-0.3, -0.25) is 4.79 Å². The third-order valence-electron chi connectivity index (χ3n) is 5.91. The predicted molar refractivity (Wildman–Crippen MR) is 103 cm³/mol. The lowest BCUT2D eigenvalue weighted by Gasteiger charge is -2.32. The van der Waals surface area contributed by atoms with Crippen molar-refractivity contribution < 1.29 is 19.7 Å². The summed E-state index contributed by atoms with van der Waals surface area (Å²) in [6.45, 7) is 13.3. The monoisotopic (exact) mass is 362 g/mol. The molecule has 2 aliphatic carbocycles. The van der Waals surface area contributed by atoms with E-state index in [1.54, 1.807) is 19.9 Å². The van der Waals surface area contributed by atoms with E-state index in [1.165, 1.54) is 12.5 Å². The number of ether oxygens (including phenoxy) is 1. The molecule has 146 valence electrons. The first-order chi connectivity index (χ1) is 12.0. The van der Waals surface area contributed by atoms with Gasteiger partial charge in [0.25, 0.3) is 0 Å². The molecule has 4 heteroatoms. The van der Waals surface area contributed by atoms with E-state index in [-0.39, 0.29) is 35.7 Å². The van der Waals surface area contributed by atoms with Gasteiger partial charge in [0.15, 0.2) is 0 Å². The van der Waals surface area contributed by atoms with Crippen molar-refractivity contribution >= 4 is 5.97 Å². The van der Waals surface area contributed by atoms with E-state index < -0.39 is 11.7 Å². The zero-order chi connectivity index (χ0) is 19.6. The number of hydrogen-bond acceptors (Lipinski definition) is 4. The van der Waals surface area contributed by atoms with Gasteiger partial charge in [0, 0.05) is 12.8 Å². The van der Waals surface area contributed by atoms with Crippen LogP contribution in [0.1, 0.15) is 53.9 Å². The second kappa shape index (κ2) is 8.10. The highest BCUT2D eigenvalue weighted by atomic mass is 16.5. The van der Waals surface area contributed by atoms with Gasteiger partial charge < -0.3 is 14.9 Å². The van der Waals surface area contributed by atoms with Gasteiger partial charge in [-0.1, -0.05) is 37.3 Å². The molecule has 2 rings (SSSR count). The number of allylic oxidation sites excluding steroid dienone is 2. The zero-order valence-electron chi connectivity index (χ0n) is 16.7. The van der Waals surface area contributed by atoms with Crippen LogP contribution in [0.5, 0.6) is 0 Å². The fraction of sp³-hybridized carbons (Fsp3) is 0.682. The van der Waals surface area contributed by atoms with Crippen molar-refractivity contribution in [1.82, 2.24) is 0 Å². The van der Waals surface area contributed by atoms with E-state index in [1.807, 2.05) is 6.08 Å². The second-order valence-electron chi connectivity index (χ2n) is 8.65. The molecule has 0 saturated heterocycles. The van der Waals surface area contributed by atoms with Crippen LogP contribution in [0.4, 0.5) is 0 Å². The number of esters is 1. The lowest BCUT2D eigenvalue weighted by molar-refractivity contribution is -0.145. The lowest BCUT2D eigenvalue weighted by atomic mass is 9.76. The predicted octanol–water partition coefficient (Wildman–Crippen LogP) is 3.79. The summed E-state index contributed by atoms with van der Waals surface area (Å²) in [5.41, 5.74) is 1.29. The van der Waals surface area contributed by atoms with Gasteiger partial charge in [-0.2, -0.15) is 0 Å². The van der Waals surface area contributed by atoms with Crippen molar-refractivity contribution in [3.05, 3.63) is 36.0 Å². The first-order valence-corrected chi connectivity index (χ1v) is 9.62. The van der Waals surface area contributed by atoms with Crippen molar-refractivity contribution in [1.29, 1.82) is 0 Å². The highest BCUT2D eigenvalue weighted by molar-refractivity contribution is 5.66. The minimum absolute atomic E-state index is 0.000921. The van der Waals surface area contributed by atoms with Crippen LogP contribution in [-0.2, 0) is 9.53 Å². The molecule has 4 nitrogen and oxygen atoms in total. The Morgan fingerprint density at radius 2 is 2.15 bits per heavy atom. The van der Waals surface area contributed by atoms with E-state index in [4.69, 9.17) is 4.74 Å². The van der Waals surface area contributed by atoms with Crippen LogP contribution in [0.3, 0.4) is 0 Å². The summed E-state index contributed by atoms with van der Waals surface area (Å²) in [4.78, 5) is 11.6. The molecule has 0 heterocycles.